The summed E-state index contributed by atoms with van der Waals surface area (Å²) in [5.41, 5.74) is 3.15. The van der Waals surface area contributed by atoms with E-state index in [4.69, 9.17) is 0 Å². The van der Waals surface area contributed by atoms with E-state index in [2.05, 4.69) is 9.71 Å². The van der Waals surface area contributed by atoms with Crippen LogP contribution in [0.15, 0.2) is 42.5 Å². The number of nitrogens with zero attached hydrogens (tertiary/aromatic N) is 2. The number of rotatable bonds is 7. The summed E-state index contributed by atoms with van der Waals surface area (Å²) in [6.07, 6.45) is 0.0879. The van der Waals surface area contributed by atoms with Gasteiger partial charge in [0.25, 0.3) is 5.92 Å². The molecule has 0 aliphatic carbocycles. The number of alkyl halides is 2. The van der Waals surface area contributed by atoms with Crippen molar-refractivity contribution < 1.29 is 22.0 Å². The number of hydrogen-bond acceptors (Lipinski definition) is 4. The normalized spacial score (nSPS) is 20.7. The first-order valence-electron chi connectivity index (χ1n) is 10.6. The highest BCUT2D eigenvalue weighted by Gasteiger charge is 2.57. The lowest BCUT2D eigenvalue weighted by atomic mass is 9.97. The van der Waals surface area contributed by atoms with Gasteiger partial charge >= 0.3 is 0 Å². The molecule has 1 saturated heterocycles. The SMILES string of the molecule is CCS(=O)(=O)N[C@@H]1[C@H](Cc2cccc(-c3cccc(C)n3)c2)N(C(=O)C(C)C)CC1(F)F. The fourth-order valence-electron chi connectivity index (χ4n) is 3.95. The van der Waals surface area contributed by atoms with Crippen LogP contribution in [0.1, 0.15) is 32.0 Å². The molecule has 0 unspecified atom stereocenters. The number of halogens is 2. The number of pyridine rings is 1. The minimum atomic E-state index is -3.90. The molecule has 0 bridgehead atoms. The summed E-state index contributed by atoms with van der Waals surface area (Å²) in [4.78, 5) is 18.4. The van der Waals surface area contributed by atoms with E-state index in [0.717, 1.165) is 27.4 Å². The van der Waals surface area contributed by atoms with E-state index in [-0.39, 0.29) is 12.2 Å². The Morgan fingerprint density at radius 3 is 2.56 bits per heavy atom. The van der Waals surface area contributed by atoms with E-state index in [0.29, 0.717) is 0 Å². The molecule has 1 fully saturated rings. The Balaban J connectivity index is 1.98. The fourth-order valence-corrected chi connectivity index (χ4v) is 4.83. The van der Waals surface area contributed by atoms with Gasteiger partial charge in [0.2, 0.25) is 15.9 Å². The fraction of sp³-hybridized carbons (Fsp3) is 0.478. The van der Waals surface area contributed by atoms with Crippen LogP contribution in [0, 0.1) is 12.8 Å². The summed E-state index contributed by atoms with van der Waals surface area (Å²) in [6, 6.07) is 10.3. The van der Waals surface area contributed by atoms with Gasteiger partial charge in [0.1, 0.15) is 6.04 Å². The van der Waals surface area contributed by atoms with Crippen molar-refractivity contribution in [2.45, 2.75) is 52.1 Å². The Morgan fingerprint density at radius 1 is 1.25 bits per heavy atom. The van der Waals surface area contributed by atoms with Crippen molar-refractivity contribution in [1.82, 2.24) is 14.6 Å². The summed E-state index contributed by atoms with van der Waals surface area (Å²) < 4.78 is 56.4. The van der Waals surface area contributed by atoms with E-state index in [1.165, 1.54) is 6.92 Å². The minimum Gasteiger partial charge on any atom is -0.331 e. The van der Waals surface area contributed by atoms with Crippen molar-refractivity contribution in [3.05, 3.63) is 53.7 Å². The van der Waals surface area contributed by atoms with Crippen LogP contribution in [0.3, 0.4) is 0 Å². The Morgan fingerprint density at radius 2 is 1.94 bits per heavy atom. The predicted octanol–water partition coefficient (Wildman–Crippen LogP) is 3.41. The molecule has 2 aromatic rings. The molecule has 9 heteroatoms. The molecular weight excluding hydrogens is 436 g/mol. The van der Waals surface area contributed by atoms with E-state index < -0.39 is 46.4 Å². The average molecular weight is 466 g/mol. The zero-order chi connectivity index (χ0) is 23.7. The number of aryl methyl sites for hydroxylation is 1. The maximum Gasteiger partial charge on any atom is 0.283 e. The van der Waals surface area contributed by atoms with Gasteiger partial charge in [0, 0.05) is 17.2 Å². The van der Waals surface area contributed by atoms with Crippen molar-refractivity contribution in [3.8, 4) is 11.3 Å². The van der Waals surface area contributed by atoms with Gasteiger partial charge in [-0.15, -0.1) is 0 Å². The van der Waals surface area contributed by atoms with Gasteiger partial charge < -0.3 is 4.90 Å². The van der Waals surface area contributed by atoms with Crippen LogP contribution >= 0.6 is 0 Å². The third-order valence-electron chi connectivity index (χ3n) is 5.64. The standard InChI is InChI=1S/C23H29F2N3O3S/c1-5-32(30,31)27-21-20(28(14-23(21,24)25)22(29)15(2)3)13-17-9-7-10-18(12-17)19-11-6-8-16(4)26-19/h6-12,15,20-21,27H,5,13-14H2,1-4H3/t20-,21+/m0/s1. The molecule has 32 heavy (non-hydrogen) atoms. The molecular formula is C23H29F2N3O3S. The molecule has 1 amide bonds. The second-order valence-electron chi connectivity index (χ2n) is 8.52. The van der Waals surface area contributed by atoms with Crippen molar-refractivity contribution in [3.63, 3.8) is 0 Å². The molecule has 6 nitrogen and oxygen atoms in total. The number of amides is 1. The first kappa shape index (κ1) is 24.3. The van der Waals surface area contributed by atoms with E-state index in [9.17, 15) is 22.0 Å². The number of likely N-dealkylation sites (tertiary alicyclic amines) is 1. The Hall–Kier alpha value is -2.39. The molecule has 0 saturated carbocycles. The summed E-state index contributed by atoms with van der Waals surface area (Å²) in [7, 11) is -3.90. The van der Waals surface area contributed by atoms with Gasteiger partial charge in [-0.1, -0.05) is 38.1 Å². The van der Waals surface area contributed by atoms with E-state index >= 15 is 0 Å². The van der Waals surface area contributed by atoms with Crippen LogP contribution in [0.5, 0.6) is 0 Å². The molecule has 1 aliphatic rings. The van der Waals surface area contributed by atoms with Crippen LogP contribution in [0.25, 0.3) is 11.3 Å². The molecule has 174 valence electrons. The molecule has 0 spiro atoms. The topological polar surface area (TPSA) is 79.4 Å². The number of hydrogen-bond donors (Lipinski definition) is 1. The number of aromatic nitrogens is 1. The highest BCUT2D eigenvalue weighted by molar-refractivity contribution is 7.89. The van der Waals surface area contributed by atoms with Crippen molar-refractivity contribution in [1.29, 1.82) is 0 Å². The molecule has 0 radical (unpaired) electrons. The number of sulfonamides is 1. The molecule has 2 heterocycles. The highest BCUT2D eigenvalue weighted by Crippen LogP contribution is 2.36. The van der Waals surface area contributed by atoms with E-state index in [1.807, 2.05) is 43.3 Å². The molecule has 1 aromatic heterocycles. The smallest absolute Gasteiger partial charge is 0.283 e. The number of carbonyl (C=O) groups is 1. The molecule has 2 atom stereocenters. The van der Waals surface area contributed by atoms with Crippen molar-refractivity contribution >= 4 is 15.9 Å². The minimum absolute atomic E-state index is 0.0879. The summed E-state index contributed by atoms with van der Waals surface area (Å²) in [5.74, 6) is -4.62. The third kappa shape index (κ3) is 5.32. The second-order valence-corrected chi connectivity index (χ2v) is 10.6. The number of carbonyl (C=O) groups excluding carboxylic acids is 1. The van der Waals surface area contributed by atoms with Crippen LogP contribution < -0.4 is 4.72 Å². The molecule has 1 aromatic carbocycles. The first-order valence-corrected chi connectivity index (χ1v) is 12.3. The maximum atomic E-state index is 15.0. The van der Waals surface area contributed by atoms with Gasteiger partial charge in [0.15, 0.2) is 0 Å². The molecule has 1 aliphatic heterocycles. The van der Waals surface area contributed by atoms with Gasteiger partial charge in [0.05, 0.1) is 24.0 Å². The zero-order valence-electron chi connectivity index (χ0n) is 18.7. The van der Waals surface area contributed by atoms with Crippen LogP contribution in [-0.4, -0.2) is 54.5 Å². The Labute approximate surface area is 188 Å². The number of nitrogens with one attached hydrogen (secondary N) is 1. The first-order chi connectivity index (χ1) is 14.9. The van der Waals surface area contributed by atoms with Gasteiger partial charge in [-0.3, -0.25) is 9.78 Å². The van der Waals surface area contributed by atoms with Crippen LogP contribution in [0.4, 0.5) is 8.78 Å². The maximum absolute atomic E-state index is 15.0. The Kier molecular flexibility index (Phi) is 7.00. The van der Waals surface area contributed by atoms with Gasteiger partial charge in [-0.2, -0.15) is 0 Å². The monoisotopic (exact) mass is 465 g/mol. The summed E-state index contributed by atoms with van der Waals surface area (Å²) >= 11 is 0. The van der Waals surface area contributed by atoms with E-state index in [1.54, 1.807) is 19.9 Å². The second kappa shape index (κ2) is 9.23. The lowest BCUT2D eigenvalue weighted by Gasteiger charge is -2.29. The summed E-state index contributed by atoms with van der Waals surface area (Å²) in [6.45, 7) is 5.74. The quantitative estimate of drug-likeness (QED) is 0.680. The summed E-state index contributed by atoms with van der Waals surface area (Å²) in [5, 5.41) is 0. The lowest BCUT2D eigenvalue weighted by molar-refractivity contribution is -0.136. The number of benzene rings is 1. The van der Waals surface area contributed by atoms with Crippen molar-refractivity contribution in [2.24, 2.45) is 5.92 Å². The van der Waals surface area contributed by atoms with Crippen LogP contribution in [0.2, 0.25) is 0 Å². The van der Waals surface area contributed by atoms with Gasteiger partial charge in [-0.25, -0.2) is 21.9 Å². The largest absolute Gasteiger partial charge is 0.331 e. The predicted molar refractivity (Wildman–Crippen MR) is 120 cm³/mol. The lowest BCUT2D eigenvalue weighted by Crippen LogP contribution is -2.53. The van der Waals surface area contributed by atoms with Crippen LogP contribution in [-0.2, 0) is 21.2 Å². The molecule has 3 rings (SSSR count). The van der Waals surface area contributed by atoms with Gasteiger partial charge in [-0.05, 0) is 44.0 Å². The molecule has 1 N–H and O–H groups in total. The zero-order valence-corrected chi connectivity index (χ0v) is 19.5. The van der Waals surface area contributed by atoms with Crippen molar-refractivity contribution in [2.75, 3.05) is 12.3 Å². The average Bonchev–Trinajstić information content (AvgIpc) is 2.97. The third-order valence-corrected chi connectivity index (χ3v) is 7.01. The Bertz CT molecular complexity index is 1090. The highest BCUT2D eigenvalue weighted by atomic mass is 32.2.